The molecule has 0 bridgehead atoms. The fraction of sp³-hybridized carbons (Fsp3) is 0.375. The van der Waals surface area contributed by atoms with Gasteiger partial charge in [0.2, 0.25) is 5.91 Å². The van der Waals surface area contributed by atoms with Gasteiger partial charge >= 0.3 is 5.97 Å². The third kappa shape index (κ3) is 4.15. The molecule has 1 heterocycles. The van der Waals surface area contributed by atoms with Gasteiger partial charge in [-0.05, 0) is 37.0 Å². The van der Waals surface area contributed by atoms with E-state index in [1.165, 1.54) is 17.0 Å². The summed E-state index contributed by atoms with van der Waals surface area (Å²) in [6.45, 7) is 0.500. The molecule has 4 nitrogen and oxygen atoms in total. The van der Waals surface area contributed by atoms with Gasteiger partial charge in [0, 0.05) is 13.0 Å². The van der Waals surface area contributed by atoms with E-state index in [-0.39, 0.29) is 18.1 Å². The molecule has 1 amide bonds. The summed E-state index contributed by atoms with van der Waals surface area (Å²) in [5.41, 5.74) is 0.803. The second kappa shape index (κ2) is 7.02. The van der Waals surface area contributed by atoms with Crippen molar-refractivity contribution in [2.75, 3.05) is 6.54 Å². The molecule has 0 saturated carbocycles. The zero-order valence-corrected chi connectivity index (χ0v) is 11.7. The standard InChI is InChI=1S/C16H18FNO3/c17-13-9-7-12(8-10-13)4-3-6-15(19)18-11-2-1-5-14(18)16(20)21/h3-4,7-10,14H,1-2,5-6,11H2,(H,20,21)/b4-3+/t14-/m1/s1. The van der Waals surface area contributed by atoms with Gasteiger partial charge in [-0.2, -0.15) is 0 Å². The van der Waals surface area contributed by atoms with Crippen molar-refractivity contribution in [1.29, 1.82) is 0 Å². The van der Waals surface area contributed by atoms with Crippen LogP contribution in [0.25, 0.3) is 6.08 Å². The summed E-state index contributed by atoms with van der Waals surface area (Å²) < 4.78 is 12.8. The first-order valence-electron chi connectivity index (χ1n) is 7.02. The molecule has 1 N–H and O–H groups in total. The van der Waals surface area contributed by atoms with Crippen molar-refractivity contribution in [2.24, 2.45) is 0 Å². The highest BCUT2D eigenvalue weighted by atomic mass is 19.1. The fourth-order valence-electron chi connectivity index (χ4n) is 2.47. The smallest absolute Gasteiger partial charge is 0.326 e. The molecule has 1 fully saturated rings. The lowest BCUT2D eigenvalue weighted by atomic mass is 10.0. The van der Waals surface area contributed by atoms with Crippen LogP contribution in [0.5, 0.6) is 0 Å². The van der Waals surface area contributed by atoms with Gasteiger partial charge in [0.1, 0.15) is 11.9 Å². The Kier molecular flexibility index (Phi) is 5.09. The minimum absolute atomic E-state index is 0.154. The summed E-state index contributed by atoms with van der Waals surface area (Å²) in [5.74, 6) is -1.42. The number of halogens is 1. The summed E-state index contributed by atoms with van der Waals surface area (Å²) in [5, 5.41) is 9.14. The minimum atomic E-state index is -0.939. The number of carbonyl (C=O) groups excluding carboxylic acids is 1. The van der Waals surface area contributed by atoms with E-state index in [1.54, 1.807) is 24.3 Å². The molecule has 0 aliphatic carbocycles. The molecular formula is C16H18FNO3. The summed E-state index contributed by atoms with van der Waals surface area (Å²) in [6.07, 6.45) is 5.77. The summed E-state index contributed by atoms with van der Waals surface area (Å²) in [7, 11) is 0. The van der Waals surface area contributed by atoms with Crippen LogP contribution in [0.3, 0.4) is 0 Å². The Bertz CT molecular complexity index is 539. The average Bonchev–Trinajstić information content (AvgIpc) is 2.49. The number of carbonyl (C=O) groups is 2. The Hall–Kier alpha value is -2.17. The number of likely N-dealkylation sites (tertiary alicyclic amines) is 1. The SMILES string of the molecule is O=C(O)[C@H]1CCCCN1C(=O)C/C=C/c1ccc(F)cc1. The van der Waals surface area contributed by atoms with Crippen molar-refractivity contribution in [2.45, 2.75) is 31.7 Å². The number of rotatable bonds is 4. The van der Waals surface area contributed by atoms with Gasteiger partial charge in [-0.3, -0.25) is 4.79 Å². The van der Waals surface area contributed by atoms with Crippen LogP contribution in [-0.4, -0.2) is 34.5 Å². The van der Waals surface area contributed by atoms with E-state index in [0.29, 0.717) is 13.0 Å². The van der Waals surface area contributed by atoms with E-state index in [0.717, 1.165) is 18.4 Å². The Morgan fingerprint density at radius 2 is 2.00 bits per heavy atom. The van der Waals surface area contributed by atoms with Crippen LogP contribution >= 0.6 is 0 Å². The molecular weight excluding hydrogens is 273 g/mol. The van der Waals surface area contributed by atoms with Gasteiger partial charge in [0.25, 0.3) is 0 Å². The lowest BCUT2D eigenvalue weighted by molar-refractivity contribution is -0.151. The van der Waals surface area contributed by atoms with E-state index in [4.69, 9.17) is 5.11 Å². The van der Waals surface area contributed by atoms with Gasteiger partial charge in [-0.25, -0.2) is 9.18 Å². The molecule has 2 rings (SSSR count). The second-order valence-corrected chi connectivity index (χ2v) is 5.09. The number of carboxylic acids is 1. The van der Waals surface area contributed by atoms with Crippen LogP contribution in [0.1, 0.15) is 31.2 Å². The highest BCUT2D eigenvalue weighted by Crippen LogP contribution is 2.18. The molecule has 21 heavy (non-hydrogen) atoms. The molecule has 1 atom stereocenters. The molecule has 1 saturated heterocycles. The molecule has 0 radical (unpaired) electrons. The minimum Gasteiger partial charge on any atom is -0.480 e. The third-order valence-electron chi connectivity index (χ3n) is 3.58. The maximum Gasteiger partial charge on any atom is 0.326 e. The number of piperidine rings is 1. The first-order chi connectivity index (χ1) is 10.1. The predicted molar refractivity (Wildman–Crippen MR) is 77.0 cm³/mol. The second-order valence-electron chi connectivity index (χ2n) is 5.09. The van der Waals surface area contributed by atoms with Crippen molar-refractivity contribution >= 4 is 18.0 Å². The molecule has 1 aliphatic heterocycles. The van der Waals surface area contributed by atoms with Crippen LogP contribution in [0, 0.1) is 5.82 Å². The third-order valence-corrected chi connectivity index (χ3v) is 3.58. The lowest BCUT2D eigenvalue weighted by Gasteiger charge is -2.32. The van der Waals surface area contributed by atoms with Crippen LogP contribution in [0.15, 0.2) is 30.3 Å². The van der Waals surface area contributed by atoms with Crippen LogP contribution in [0.4, 0.5) is 4.39 Å². The van der Waals surface area contributed by atoms with Crippen LogP contribution < -0.4 is 0 Å². The molecule has 1 aromatic carbocycles. The van der Waals surface area contributed by atoms with Crippen LogP contribution in [-0.2, 0) is 9.59 Å². The first kappa shape index (κ1) is 15.2. The Balaban J connectivity index is 1.94. The van der Waals surface area contributed by atoms with E-state index in [1.807, 2.05) is 0 Å². The summed E-state index contributed by atoms with van der Waals surface area (Å²) in [6, 6.07) is 5.25. The van der Waals surface area contributed by atoms with Gasteiger partial charge < -0.3 is 10.0 Å². The van der Waals surface area contributed by atoms with Gasteiger partial charge in [0.05, 0.1) is 0 Å². The van der Waals surface area contributed by atoms with Gasteiger partial charge in [-0.15, -0.1) is 0 Å². The van der Waals surface area contributed by atoms with Gasteiger partial charge in [-0.1, -0.05) is 24.3 Å². The zero-order chi connectivity index (χ0) is 15.2. The Labute approximate surface area is 122 Å². The van der Waals surface area contributed by atoms with E-state index in [2.05, 4.69) is 0 Å². The number of amides is 1. The number of nitrogens with zero attached hydrogens (tertiary/aromatic N) is 1. The fourth-order valence-corrected chi connectivity index (χ4v) is 2.47. The average molecular weight is 291 g/mol. The summed E-state index contributed by atoms with van der Waals surface area (Å²) >= 11 is 0. The lowest BCUT2D eigenvalue weighted by Crippen LogP contribution is -2.47. The van der Waals surface area contributed by atoms with E-state index < -0.39 is 12.0 Å². The molecule has 0 aromatic heterocycles. The summed E-state index contributed by atoms with van der Waals surface area (Å²) in [4.78, 5) is 24.7. The number of benzene rings is 1. The number of aliphatic carboxylic acids is 1. The van der Waals surface area contributed by atoms with Crippen LogP contribution in [0.2, 0.25) is 0 Å². The number of hydrogen-bond donors (Lipinski definition) is 1. The quantitative estimate of drug-likeness (QED) is 0.928. The Morgan fingerprint density at radius 1 is 1.29 bits per heavy atom. The van der Waals surface area contributed by atoms with E-state index >= 15 is 0 Å². The molecule has 1 aromatic rings. The van der Waals surface area contributed by atoms with Crippen molar-refractivity contribution in [1.82, 2.24) is 4.90 Å². The highest BCUT2D eigenvalue weighted by molar-refractivity contribution is 5.85. The van der Waals surface area contributed by atoms with E-state index in [9.17, 15) is 14.0 Å². The Morgan fingerprint density at radius 3 is 2.67 bits per heavy atom. The van der Waals surface area contributed by atoms with Crippen molar-refractivity contribution in [3.05, 3.63) is 41.7 Å². The largest absolute Gasteiger partial charge is 0.480 e. The maximum atomic E-state index is 12.8. The van der Waals surface area contributed by atoms with Crippen molar-refractivity contribution in [3.8, 4) is 0 Å². The number of carboxylic acid groups (broad SMARTS) is 1. The monoisotopic (exact) mass is 291 g/mol. The van der Waals surface area contributed by atoms with Crippen molar-refractivity contribution < 1.29 is 19.1 Å². The molecule has 112 valence electrons. The topological polar surface area (TPSA) is 57.6 Å². The molecule has 1 aliphatic rings. The molecule has 5 heteroatoms. The molecule has 0 unspecified atom stereocenters. The zero-order valence-electron chi connectivity index (χ0n) is 11.7. The number of hydrogen-bond acceptors (Lipinski definition) is 2. The van der Waals surface area contributed by atoms with Crippen molar-refractivity contribution in [3.63, 3.8) is 0 Å². The van der Waals surface area contributed by atoms with Gasteiger partial charge in [0.15, 0.2) is 0 Å². The normalized spacial score (nSPS) is 18.9. The predicted octanol–water partition coefficient (Wildman–Crippen LogP) is 2.69. The maximum absolute atomic E-state index is 12.8. The first-order valence-corrected chi connectivity index (χ1v) is 7.02. The highest BCUT2D eigenvalue weighted by Gasteiger charge is 2.30. The molecule has 0 spiro atoms.